The Morgan fingerprint density at radius 1 is 1.25 bits per heavy atom. The van der Waals surface area contributed by atoms with Gasteiger partial charge in [-0.1, -0.05) is 13.8 Å². The lowest BCUT2D eigenvalue weighted by Crippen LogP contribution is -2.45. The van der Waals surface area contributed by atoms with Crippen molar-refractivity contribution in [3.63, 3.8) is 0 Å². The van der Waals surface area contributed by atoms with Gasteiger partial charge >= 0.3 is 0 Å². The van der Waals surface area contributed by atoms with Gasteiger partial charge in [-0.15, -0.1) is 24.0 Å². The van der Waals surface area contributed by atoms with Crippen LogP contribution in [0.2, 0.25) is 0 Å². The number of halogens is 1. The van der Waals surface area contributed by atoms with E-state index < -0.39 is 0 Å². The highest BCUT2D eigenvalue weighted by atomic mass is 127. The second-order valence-electron chi connectivity index (χ2n) is 7.68. The number of benzene rings is 1. The molecule has 6 nitrogen and oxygen atoms in total. The molecule has 1 aliphatic heterocycles. The number of hydrogen-bond donors (Lipinski definition) is 2. The molecule has 0 saturated carbocycles. The third-order valence-corrected chi connectivity index (χ3v) is 4.13. The first-order valence-electron chi connectivity index (χ1n) is 10.1. The average molecular weight is 504 g/mol. The van der Waals surface area contributed by atoms with Crippen LogP contribution in [0.25, 0.3) is 0 Å². The second kappa shape index (κ2) is 13.2. The molecule has 1 saturated heterocycles. The summed E-state index contributed by atoms with van der Waals surface area (Å²) in [5, 5.41) is 6.66. The van der Waals surface area contributed by atoms with E-state index in [1.807, 2.05) is 38.1 Å². The van der Waals surface area contributed by atoms with Crippen molar-refractivity contribution in [1.82, 2.24) is 10.2 Å². The highest BCUT2D eigenvalue weighted by molar-refractivity contribution is 14.0. The molecule has 160 valence electrons. The predicted octanol–water partition coefficient (Wildman–Crippen LogP) is 3.83. The van der Waals surface area contributed by atoms with Crippen molar-refractivity contribution >= 4 is 35.6 Å². The Kier molecular flexibility index (Phi) is 11.8. The molecule has 0 amide bonds. The van der Waals surface area contributed by atoms with Crippen LogP contribution >= 0.6 is 24.0 Å². The summed E-state index contributed by atoms with van der Waals surface area (Å²) < 4.78 is 11.6. The maximum atomic E-state index is 5.90. The van der Waals surface area contributed by atoms with Crippen molar-refractivity contribution < 1.29 is 9.47 Å². The fourth-order valence-electron chi connectivity index (χ4n) is 3.10. The lowest BCUT2D eigenvalue weighted by atomic mass is 10.2. The molecule has 1 aromatic carbocycles. The van der Waals surface area contributed by atoms with Gasteiger partial charge in [0.05, 0.1) is 25.4 Å². The number of anilines is 1. The molecule has 1 aromatic rings. The van der Waals surface area contributed by atoms with Crippen LogP contribution in [-0.2, 0) is 4.74 Å². The lowest BCUT2D eigenvalue weighted by Gasteiger charge is -2.33. The van der Waals surface area contributed by atoms with Crippen molar-refractivity contribution in [2.75, 3.05) is 44.6 Å². The molecule has 28 heavy (non-hydrogen) atoms. The maximum Gasteiger partial charge on any atom is 0.195 e. The minimum atomic E-state index is 0. The van der Waals surface area contributed by atoms with Crippen LogP contribution in [0.4, 0.5) is 5.69 Å². The molecular formula is C21H37IN4O2. The number of morpholine rings is 1. The van der Waals surface area contributed by atoms with E-state index in [0.717, 1.165) is 50.2 Å². The van der Waals surface area contributed by atoms with Gasteiger partial charge < -0.3 is 20.1 Å². The van der Waals surface area contributed by atoms with Gasteiger partial charge in [-0.3, -0.25) is 9.89 Å². The van der Waals surface area contributed by atoms with Gasteiger partial charge in [0, 0.05) is 31.9 Å². The summed E-state index contributed by atoms with van der Waals surface area (Å²) in [4.78, 5) is 7.20. The van der Waals surface area contributed by atoms with Gasteiger partial charge in [-0.2, -0.15) is 0 Å². The molecule has 0 aliphatic carbocycles. The fourth-order valence-corrected chi connectivity index (χ4v) is 3.10. The van der Waals surface area contributed by atoms with Crippen LogP contribution in [0.15, 0.2) is 29.3 Å². The van der Waals surface area contributed by atoms with Gasteiger partial charge in [0.1, 0.15) is 5.75 Å². The van der Waals surface area contributed by atoms with Crippen LogP contribution in [0.1, 0.15) is 34.6 Å². The lowest BCUT2D eigenvalue weighted by molar-refractivity contribution is -0.0261. The normalized spacial score (nSPS) is 18.1. The van der Waals surface area contributed by atoms with Crippen LogP contribution in [0.5, 0.6) is 5.75 Å². The Bertz CT molecular complexity index is 578. The van der Waals surface area contributed by atoms with Gasteiger partial charge in [0.2, 0.25) is 0 Å². The standard InChI is InChI=1S/C21H36N4O2.HI/c1-6-22-21(24-18-7-9-19(10-8-18)27-17(4)5)23-13-20-15-25(11-12-26-20)14-16(2)3;/h7-10,16-17,20H,6,11-15H2,1-5H3,(H2,22,23,24);1H. The fraction of sp³-hybridized carbons (Fsp3) is 0.667. The van der Waals surface area contributed by atoms with Gasteiger partial charge in [0.25, 0.3) is 0 Å². The van der Waals surface area contributed by atoms with Gasteiger partial charge in [-0.05, 0) is 51.0 Å². The Labute approximate surface area is 187 Å². The number of ether oxygens (including phenoxy) is 2. The van der Waals surface area contributed by atoms with Crippen LogP contribution in [0.3, 0.4) is 0 Å². The zero-order chi connectivity index (χ0) is 19.6. The summed E-state index contributed by atoms with van der Waals surface area (Å²) in [6.45, 7) is 16.0. The smallest absolute Gasteiger partial charge is 0.195 e. The highest BCUT2D eigenvalue weighted by Gasteiger charge is 2.20. The minimum Gasteiger partial charge on any atom is -0.491 e. The van der Waals surface area contributed by atoms with Crippen molar-refractivity contribution in [2.45, 2.75) is 46.8 Å². The van der Waals surface area contributed by atoms with Crippen molar-refractivity contribution in [2.24, 2.45) is 10.9 Å². The van der Waals surface area contributed by atoms with Crippen LogP contribution in [0, 0.1) is 5.92 Å². The third-order valence-electron chi connectivity index (χ3n) is 4.13. The van der Waals surface area contributed by atoms with Crippen molar-refractivity contribution in [1.29, 1.82) is 0 Å². The molecule has 1 atom stereocenters. The topological polar surface area (TPSA) is 58.1 Å². The number of hydrogen-bond acceptors (Lipinski definition) is 4. The monoisotopic (exact) mass is 504 g/mol. The molecular weight excluding hydrogens is 467 g/mol. The Hall–Kier alpha value is -1.06. The average Bonchev–Trinajstić information content (AvgIpc) is 2.61. The number of nitrogens with one attached hydrogen (secondary N) is 2. The van der Waals surface area contributed by atoms with E-state index in [9.17, 15) is 0 Å². The van der Waals surface area contributed by atoms with E-state index in [1.165, 1.54) is 0 Å². The zero-order valence-corrected chi connectivity index (χ0v) is 20.2. The van der Waals surface area contributed by atoms with E-state index in [2.05, 4.69) is 36.3 Å². The third kappa shape index (κ3) is 9.43. The van der Waals surface area contributed by atoms with Crippen molar-refractivity contribution in [3.8, 4) is 5.75 Å². The van der Waals surface area contributed by atoms with E-state index >= 15 is 0 Å². The van der Waals surface area contributed by atoms with Crippen LogP contribution in [-0.4, -0.2) is 62.4 Å². The van der Waals surface area contributed by atoms with E-state index in [1.54, 1.807) is 0 Å². The number of aliphatic imine (C=N–C) groups is 1. The molecule has 1 heterocycles. The van der Waals surface area contributed by atoms with E-state index in [0.29, 0.717) is 12.5 Å². The maximum absolute atomic E-state index is 5.90. The number of guanidine groups is 1. The number of nitrogens with zero attached hydrogens (tertiary/aromatic N) is 2. The highest BCUT2D eigenvalue weighted by Crippen LogP contribution is 2.17. The Morgan fingerprint density at radius 3 is 2.57 bits per heavy atom. The Morgan fingerprint density at radius 2 is 1.96 bits per heavy atom. The largest absolute Gasteiger partial charge is 0.491 e. The minimum absolute atomic E-state index is 0. The first-order valence-corrected chi connectivity index (χ1v) is 10.1. The van der Waals surface area contributed by atoms with Gasteiger partial charge in [-0.25, -0.2) is 0 Å². The summed E-state index contributed by atoms with van der Waals surface area (Å²) >= 11 is 0. The molecule has 0 bridgehead atoms. The van der Waals surface area contributed by atoms with E-state index in [4.69, 9.17) is 14.5 Å². The summed E-state index contributed by atoms with van der Waals surface area (Å²) in [6.07, 6.45) is 0.322. The zero-order valence-electron chi connectivity index (χ0n) is 17.9. The molecule has 0 radical (unpaired) electrons. The molecule has 0 aromatic heterocycles. The first-order chi connectivity index (χ1) is 13.0. The predicted molar refractivity (Wildman–Crippen MR) is 128 cm³/mol. The molecule has 1 unspecified atom stereocenters. The van der Waals surface area contributed by atoms with Gasteiger partial charge in [0.15, 0.2) is 5.96 Å². The van der Waals surface area contributed by atoms with Crippen molar-refractivity contribution in [3.05, 3.63) is 24.3 Å². The molecule has 1 fully saturated rings. The summed E-state index contributed by atoms with van der Waals surface area (Å²) in [6, 6.07) is 7.96. The quantitative estimate of drug-likeness (QED) is 0.320. The Balaban J connectivity index is 0.00000392. The molecule has 2 rings (SSSR count). The molecule has 7 heteroatoms. The summed E-state index contributed by atoms with van der Waals surface area (Å²) in [5.41, 5.74) is 0.983. The van der Waals surface area contributed by atoms with E-state index in [-0.39, 0.29) is 36.2 Å². The molecule has 0 spiro atoms. The number of rotatable bonds is 8. The SMILES string of the molecule is CCNC(=NCC1CN(CC(C)C)CCO1)Nc1ccc(OC(C)C)cc1.I. The first kappa shape index (κ1) is 25.0. The summed E-state index contributed by atoms with van der Waals surface area (Å²) in [7, 11) is 0. The summed E-state index contributed by atoms with van der Waals surface area (Å²) in [5.74, 6) is 2.33. The molecule has 2 N–H and O–H groups in total. The van der Waals surface area contributed by atoms with Crippen LogP contribution < -0.4 is 15.4 Å². The molecule has 1 aliphatic rings. The second-order valence-corrected chi connectivity index (χ2v) is 7.68.